The van der Waals surface area contributed by atoms with Gasteiger partial charge in [0.1, 0.15) is 0 Å². The van der Waals surface area contributed by atoms with Crippen molar-refractivity contribution < 1.29 is 0 Å². The van der Waals surface area contributed by atoms with Crippen molar-refractivity contribution in [1.29, 1.82) is 0 Å². The third kappa shape index (κ3) is 4.44. The molecule has 3 nitrogen and oxygen atoms in total. The molecule has 2 rings (SSSR count). The van der Waals surface area contributed by atoms with Gasteiger partial charge < -0.3 is 15.1 Å². The van der Waals surface area contributed by atoms with E-state index in [0.29, 0.717) is 11.5 Å². The van der Waals surface area contributed by atoms with Gasteiger partial charge in [-0.25, -0.2) is 0 Å². The normalized spacial score (nSPS) is 27.6. The second-order valence-electron chi connectivity index (χ2n) is 7.56. The lowest BCUT2D eigenvalue weighted by molar-refractivity contribution is 0.121. The largest absolute Gasteiger partial charge is 0.313 e. The van der Waals surface area contributed by atoms with Gasteiger partial charge in [0.25, 0.3) is 0 Å². The molecule has 20 heavy (non-hydrogen) atoms. The van der Waals surface area contributed by atoms with Crippen LogP contribution in [0.3, 0.4) is 0 Å². The second-order valence-corrected chi connectivity index (χ2v) is 7.56. The fraction of sp³-hybridized carbons (Fsp3) is 1.00. The highest BCUT2D eigenvalue weighted by Crippen LogP contribution is 2.30. The zero-order valence-corrected chi connectivity index (χ0v) is 14.1. The summed E-state index contributed by atoms with van der Waals surface area (Å²) in [5, 5.41) is 3.87. The lowest BCUT2D eigenvalue weighted by Crippen LogP contribution is -2.47. The molecule has 2 fully saturated rings. The molecule has 0 spiro atoms. The summed E-state index contributed by atoms with van der Waals surface area (Å²) in [5.74, 6) is 0.882. The third-order valence-corrected chi connectivity index (χ3v) is 5.83. The van der Waals surface area contributed by atoms with Crippen LogP contribution in [0.1, 0.15) is 46.5 Å². The van der Waals surface area contributed by atoms with Crippen LogP contribution in [0.15, 0.2) is 0 Å². The topological polar surface area (TPSA) is 18.5 Å². The standard InChI is InChI=1S/C17H35N3/c1-5-20-10-6-16(7-11-20)15(2)18-14-17(3)8-12-19(4)13-9-17/h15-16,18H,5-14H2,1-4H3. The molecule has 118 valence electrons. The Morgan fingerprint density at radius 1 is 1.15 bits per heavy atom. The lowest BCUT2D eigenvalue weighted by atomic mass is 9.80. The molecule has 1 N–H and O–H groups in total. The number of nitrogens with zero attached hydrogens (tertiary/aromatic N) is 2. The van der Waals surface area contributed by atoms with Gasteiger partial charge in [-0.15, -0.1) is 0 Å². The van der Waals surface area contributed by atoms with Crippen LogP contribution in [0, 0.1) is 11.3 Å². The van der Waals surface area contributed by atoms with E-state index in [1.54, 1.807) is 0 Å². The van der Waals surface area contributed by atoms with Crippen LogP contribution < -0.4 is 5.32 Å². The number of nitrogens with one attached hydrogen (secondary N) is 1. The fourth-order valence-electron chi connectivity index (χ4n) is 3.68. The predicted molar refractivity (Wildman–Crippen MR) is 87.1 cm³/mol. The molecule has 0 amide bonds. The lowest BCUT2D eigenvalue weighted by Gasteiger charge is -2.40. The van der Waals surface area contributed by atoms with Crippen LogP contribution in [0.4, 0.5) is 0 Å². The first-order valence-electron chi connectivity index (χ1n) is 8.67. The zero-order valence-electron chi connectivity index (χ0n) is 14.1. The molecule has 2 heterocycles. The summed E-state index contributed by atoms with van der Waals surface area (Å²) >= 11 is 0. The molecule has 1 atom stereocenters. The first-order chi connectivity index (χ1) is 9.52. The van der Waals surface area contributed by atoms with Crippen molar-refractivity contribution in [1.82, 2.24) is 15.1 Å². The van der Waals surface area contributed by atoms with E-state index in [-0.39, 0.29) is 0 Å². The monoisotopic (exact) mass is 281 g/mol. The molecule has 0 bridgehead atoms. The minimum Gasteiger partial charge on any atom is -0.313 e. The van der Waals surface area contributed by atoms with E-state index in [1.807, 2.05) is 0 Å². The Labute approximate surface area is 126 Å². The molecule has 1 unspecified atom stereocenters. The summed E-state index contributed by atoms with van der Waals surface area (Å²) in [7, 11) is 2.25. The van der Waals surface area contributed by atoms with Crippen LogP contribution in [-0.2, 0) is 0 Å². The molecular weight excluding hydrogens is 246 g/mol. The van der Waals surface area contributed by atoms with Crippen LogP contribution in [0.5, 0.6) is 0 Å². The summed E-state index contributed by atoms with van der Waals surface area (Å²) in [5.41, 5.74) is 0.519. The van der Waals surface area contributed by atoms with Gasteiger partial charge in [0.05, 0.1) is 0 Å². The van der Waals surface area contributed by atoms with Gasteiger partial charge in [0.15, 0.2) is 0 Å². The van der Waals surface area contributed by atoms with E-state index in [2.05, 4.69) is 42.9 Å². The first kappa shape index (κ1) is 16.3. The molecule has 0 radical (unpaired) electrons. The maximum absolute atomic E-state index is 3.87. The van der Waals surface area contributed by atoms with Crippen LogP contribution in [0.2, 0.25) is 0 Å². The SMILES string of the molecule is CCN1CCC(C(C)NCC2(C)CCN(C)CC2)CC1. The maximum Gasteiger partial charge on any atom is 0.00681 e. The van der Waals surface area contributed by atoms with E-state index in [9.17, 15) is 0 Å². The number of piperidine rings is 2. The van der Waals surface area contributed by atoms with Crippen molar-refractivity contribution in [2.24, 2.45) is 11.3 Å². The van der Waals surface area contributed by atoms with E-state index in [1.165, 1.54) is 65.0 Å². The Morgan fingerprint density at radius 3 is 2.30 bits per heavy atom. The Balaban J connectivity index is 1.71. The number of likely N-dealkylation sites (tertiary alicyclic amines) is 2. The Bertz CT molecular complexity index is 276. The number of rotatable bonds is 5. The van der Waals surface area contributed by atoms with Crippen molar-refractivity contribution in [3.8, 4) is 0 Å². The summed E-state index contributed by atoms with van der Waals surface area (Å²) in [6.45, 7) is 14.7. The van der Waals surface area contributed by atoms with Crippen LogP contribution >= 0.6 is 0 Å². The van der Waals surface area contributed by atoms with E-state index < -0.39 is 0 Å². The van der Waals surface area contributed by atoms with Gasteiger partial charge >= 0.3 is 0 Å². The zero-order chi connectivity index (χ0) is 14.6. The third-order valence-electron chi connectivity index (χ3n) is 5.83. The van der Waals surface area contributed by atoms with E-state index >= 15 is 0 Å². The Morgan fingerprint density at radius 2 is 1.75 bits per heavy atom. The number of hydrogen-bond acceptors (Lipinski definition) is 3. The molecule has 2 saturated heterocycles. The van der Waals surface area contributed by atoms with Crippen molar-refractivity contribution in [3.05, 3.63) is 0 Å². The van der Waals surface area contributed by atoms with Gasteiger partial charge in [-0.05, 0) is 83.7 Å². The maximum atomic E-state index is 3.87. The molecule has 3 heteroatoms. The number of hydrogen-bond donors (Lipinski definition) is 1. The van der Waals surface area contributed by atoms with E-state index in [4.69, 9.17) is 0 Å². The first-order valence-corrected chi connectivity index (χ1v) is 8.67. The average molecular weight is 281 g/mol. The quantitative estimate of drug-likeness (QED) is 0.835. The van der Waals surface area contributed by atoms with Gasteiger partial charge in [-0.1, -0.05) is 13.8 Å². The molecule has 0 aliphatic carbocycles. The van der Waals surface area contributed by atoms with Gasteiger partial charge in [0, 0.05) is 12.6 Å². The highest BCUT2D eigenvalue weighted by Gasteiger charge is 2.30. The summed E-state index contributed by atoms with van der Waals surface area (Å²) in [4.78, 5) is 5.05. The molecule has 0 aromatic carbocycles. The van der Waals surface area contributed by atoms with Crippen molar-refractivity contribution >= 4 is 0 Å². The second kappa shape index (κ2) is 7.24. The predicted octanol–water partition coefficient (Wildman–Crippen LogP) is 2.43. The summed E-state index contributed by atoms with van der Waals surface area (Å²) < 4.78 is 0. The molecule has 0 aromatic heterocycles. The molecular formula is C17H35N3. The highest BCUT2D eigenvalue weighted by molar-refractivity contribution is 4.86. The Hall–Kier alpha value is -0.120. The minimum absolute atomic E-state index is 0.519. The van der Waals surface area contributed by atoms with Crippen LogP contribution in [-0.4, -0.2) is 62.2 Å². The highest BCUT2D eigenvalue weighted by atomic mass is 15.1. The fourth-order valence-corrected chi connectivity index (χ4v) is 3.68. The molecule has 0 aromatic rings. The van der Waals surface area contributed by atoms with Crippen molar-refractivity contribution in [3.63, 3.8) is 0 Å². The smallest absolute Gasteiger partial charge is 0.00681 e. The Kier molecular flexibility index (Phi) is 5.88. The summed E-state index contributed by atoms with van der Waals surface area (Å²) in [6, 6.07) is 0.686. The van der Waals surface area contributed by atoms with E-state index in [0.717, 1.165) is 5.92 Å². The van der Waals surface area contributed by atoms with Crippen LogP contribution in [0.25, 0.3) is 0 Å². The summed E-state index contributed by atoms with van der Waals surface area (Å²) in [6.07, 6.45) is 5.44. The van der Waals surface area contributed by atoms with Crippen molar-refractivity contribution in [2.75, 3.05) is 46.3 Å². The minimum atomic E-state index is 0.519. The van der Waals surface area contributed by atoms with Crippen molar-refractivity contribution in [2.45, 2.75) is 52.5 Å². The molecule has 2 aliphatic heterocycles. The molecule has 2 aliphatic rings. The average Bonchev–Trinajstić information content (AvgIpc) is 2.48. The van der Waals surface area contributed by atoms with Gasteiger partial charge in [-0.2, -0.15) is 0 Å². The van der Waals surface area contributed by atoms with Gasteiger partial charge in [-0.3, -0.25) is 0 Å². The molecule has 0 saturated carbocycles. The van der Waals surface area contributed by atoms with Gasteiger partial charge in [0.2, 0.25) is 0 Å².